The molecule has 1 rings (SSSR count). The molecule has 0 amide bonds. The second kappa shape index (κ2) is 6.18. The summed E-state index contributed by atoms with van der Waals surface area (Å²) in [6.45, 7) is 2.36. The van der Waals surface area contributed by atoms with Gasteiger partial charge in [0, 0.05) is 6.92 Å². The molecule has 1 aromatic carbocycles. The molecule has 0 unspecified atom stereocenters. The largest absolute Gasteiger partial charge is 0.573 e. The molecule has 1 aromatic rings. The van der Waals surface area contributed by atoms with Crippen molar-refractivity contribution in [2.24, 2.45) is 10.2 Å². The van der Waals surface area contributed by atoms with E-state index in [0.29, 0.717) is 0 Å². The predicted molar refractivity (Wildman–Crippen MR) is 63.7 cm³/mol. The molecule has 0 aliphatic carbocycles. The number of benzene rings is 1. The van der Waals surface area contributed by atoms with E-state index in [2.05, 4.69) is 15.0 Å². The molecule has 0 bridgehead atoms. The molecule has 1 N–H and O–H groups in total. The molecular weight excluding hydrogens is 277 g/mol. The van der Waals surface area contributed by atoms with Crippen LogP contribution in [0.2, 0.25) is 0 Å². The second-order valence-corrected chi connectivity index (χ2v) is 3.71. The van der Waals surface area contributed by atoms with Gasteiger partial charge < -0.3 is 9.84 Å². The Labute approximate surface area is 112 Å². The summed E-state index contributed by atoms with van der Waals surface area (Å²) in [7, 11) is 0. The fraction of sp³-hybridized carbons (Fsp3) is 0.250. The maximum absolute atomic E-state index is 12.2. The summed E-state index contributed by atoms with van der Waals surface area (Å²) in [6, 6.07) is 5.06. The fourth-order valence-corrected chi connectivity index (χ4v) is 1.25. The molecular formula is C12H11F3N2O3. The third-order valence-corrected chi connectivity index (χ3v) is 2.02. The molecule has 5 nitrogen and oxygen atoms in total. The van der Waals surface area contributed by atoms with Gasteiger partial charge in [0.2, 0.25) is 0 Å². The summed E-state index contributed by atoms with van der Waals surface area (Å²) in [5, 5.41) is 16.1. The van der Waals surface area contributed by atoms with Gasteiger partial charge in [0.15, 0.2) is 17.2 Å². The van der Waals surface area contributed by atoms with Gasteiger partial charge in [-0.15, -0.1) is 23.4 Å². The Kier molecular flexibility index (Phi) is 4.84. The van der Waals surface area contributed by atoms with Crippen molar-refractivity contribution in [1.29, 1.82) is 0 Å². The number of allylic oxidation sites excluding steroid dienone is 2. The molecule has 20 heavy (non-hydrogen) atoms. The Bertz CT molecular complexity index is 561. The first-order valence-electron chi connectivity index (χ1n) is 5.38. The quantitative estimate of drug-likeness (QED) is 0.516. The van der Waals surface area contributed by atoms with E-state index in [-0.39, 0.29) is 17.1 Å². The standard InChI is InChI=1S/C12H11F3N2O3/c1-7(18)11(8(2)19)17-16-9-5-3-4-6-10(9)20-12(13,14)15/h3-6,18H,1-2H3/b11-7+,17-16?. The number of rotatable bonds is 4. The molecule has 0 heterocycles. The minimum Gasteiger partial charge on any atom is -0.510 e. The van der Waals surface area contributed by atoms with E-state index in [1.165, 1.54) is 25.1 Å². The highest BCUT2D eigenvalue weighted by molar-refractivity contribution is 5.93. The van der Waals surface area contributed by atoms with E-state index >= 15 is 0 Å². The van der Waals surface area contributed by atoms with Crippen LogP contribution in [0.5, 0.6) is 5.75 Å². The highest BCUT2D eigenvalue weighted by Crippen LogP contribution is 2.32. The zero-order chi connectivity index (χ0) is 15.3. The van der Waals surface area contributed by atoms with Crippen molar-refractivity contribution >= 4 is 11.5 Å². The van der Waals surface area contributed by atoms with Crippen molar-refractivity contribution in [3.8, 4) is 5.75 Å². The van der Waals surface area contributed by atoms with Crippen LogP contribution in [0.15, 0.2) is 46.0 Å². The minimum absolute atomic E-state index is 0.218. The van der Waals surface area contributed by atoms with Gasteiger partial charge in [-0.3, -0.25) is 4.79 Å². The molecule has 0 atom stereocenters. The fourth-order valence-electron chi connectivity index (χ4n) is 1.25. The van der Waals surface area contributed by atoms with E-state index in [4.69, 9.17) is 0 Å². The predicted octanol–water partition coefficient (Wildman–Crippen LogP) is 4.05. The monoisotopic (exact) mass is 288 g/mol. The number of carbonyl (C=O) groups excluding carboxylic acids is 1. The lowest BCUT2D eigenvalue weighted by atomic mass is 10.3. The number of azo groups is 1. The lowest BCUT2D eigenvalue weighted by Crippen LogP contribution is -2.17. The number of ketones is 1. The second-order valence-electron chi connectivity index (χ2n) is 3.71. The summed E-state index contributed by atoms with van der Waals surface area (Å²) in [5.41, 5.74) is -0.559. The zero-order valence-corrected chi connectivity index (χ0v) is 10.6. The maximum Gasteiger partial charge on any atom is 0.573 e. The molecule has 0 saturated carbocycles. The number of halogens is 3. The van der Waals surface area contributed by atoms with E-state index < -0.39 is 17.9 Å². The molecule has 0 aliphatic rings. The van der Waals surface area contributed by atoms with Gasteiger partial charge in [0.05, 0.1) is 0 Å². The molecule has 108 valence electrons. The highest BCUT2D eigenvalue weighted by Gasteiger charge is 2.32. The summed E-state index contributed by atoms with van der Waals surface area (Å²) >= 11 is 0. The lowest BCUT2D eigenvalue weighted by molar-refractivity contribution is -0.274. The van der Waals surface area contributed by atoms with Crippen LogP contribution in [-0.2, 0) is 4.79 Å². The van der Waals surface area contributed by atoms with Crippen molar-refractivity contribution in [1.82, 2.24) is 0 Å². The maximum atomic E-state index is 12.2. The van der Waals surface area contributed by atoms with Gasteiger partial charge in [-0.2, -0.15) is 0 Å². The SMILES string of the molecule is CC(=O)/C(N=Nc1ccccc1OC(F)(F)F)=C(/C)O. The smallest absolute Gasteiger partial charge is 0.510 e. The van der Waals surface area contributed by atoms with Crippen LogP contribution in [0.25, 0.3) is 0 Å². The number of Topliss-reactive ketones (excluding diaryl/α,β-unsaturated/α-hetero) is 1. The Hall–Kier alpha value is -2.38. The van der Waals surface area contributed by atoms with E-state index in [0.717, 1.165) is 13.0 Å². The number of hydrogen-bond donors (Lipinski definition) is 1. The van der Waals surface area contributed by atoms with Gasteiger partial charge in [-0.1, -0.05) is 12.1 Å². The Morgan fingerprint density at radius 2 is 1.85 bits per heavy atom. The molecule has 0 aliphatic heterocycles. The molecule has 0 saturated heterocycles. The van der Waals surface area contributed by atoms with E-state index in [1.54, 1.807) is 0 Å². The van der Waals surface area contributed by atoms with Crippen molar-refractivity contribution in [3.63, 3.8) is 0 Å². The summed E-state index contributed by atoms with van der Waals surface area (Å²) < 4.78 is 40.3. The number of nitrogens with zero attached hydrogens (tertiary/aromatic N) is 2. The van der Waals surface area contributed by atoms with Gasteiger partial charge in [0.25, 0.3) is 0 Å². The average molecular weight is 288 g/mol. The number of aliphatic hydroxyl groups is 1. The van der Waals surface area contributed by atoms with Crippen molar-refractivity contribution in [3.05, 3.63) is 35.7 Å². The van der Waals surface area contributed by atoms with Crippen LogP contribution >= 0.6 is 0 Å². The van der Waals surface area contributed by atoms with Gasteiger partial charge >= 0.3 is 6.36 Å². The summed E-state index contributed by atoms with van der Waals surface area (Å²) in [4.78, 5) is 11.1. The molecule has 0 radical (unpaired) electrons. The number of alkyl halides is 3. The van der Waals surface area contributed by atoms with Crippen molar-refractivity contribution in [2.75, 3.05) is 0 Å². The molecule has 0 aromatic heterocycles. The first-order chi connectivity index (χ1) is 9.20. The molecule has 0 spiro atoms. The topological polar surface area (TPSA) is 71.2 Å². The summed E-state index contributed by atoms with van der Waals surface area (Å²) in [5.74, 6) is -1.50. The number of ether oxygens (including phenoxy) is 1. The van der Waals surface area contributed by atoms with Crippen molar-refractivity contribution < 1.29 is 27.8 Å². The van der Waals surface area contributed by atoms with E-state index in [1.807, 2.05) is 0 Å². The average Bonchev–Trinajstić information content (AvgIpc) is 2.28. The van der Waals surface area contributed by atoms with Gasteiger partial charge in [-0.25, -0.2) is 0 Å². The third kappa shape index (κ3) is 4.71. The van der Waals surface area contributed by atoms with Gasteiger partial charge in [0.1, 0.15) is 11.4 Å². The summed E-state index contributed by atoms with van der Waals surface area (Å²) in [6.07, 6.45) is -4.86. The number of hydrogen-bond acceptors (Lipinski definition) is 5. The number of para-hydroxylation sites is 1. The van der Waals surface area contributed by atoms with Gasteiger partial charge in [-0.05, 0) is 19.1 Å². The minimum atomic E-state index is -4.86. The molecule has 8 heteroatoms. The Balaban J connectivity index is 3.10. The van der Waals surface area contributed by atoms with Crippen LogP contribution in [0.3, 0.4) is 0 Å². The van der Waals surface area contributed by atoms with Crippen LogP contribution in [0, 0.1) is 0 Å². The number of aliphatic hydroxyl groups excluding tert-OH is 1. The molecule has 0 fully saturated rings. The Morgan fingerprint density at radius 1 is 1.25 bits per heavy atom. The van der Waals surface area contributed by atoms with Crippen LogP contribution in [0.1, 0.15) is 13.8 Å². The normalized spacial score (nSPS) is 13.2. The highest BCUT2D eigenvalue weighted by atomic mass is 19.4. The van der Waals surface area contributed by atoms with Crippen molar-refractivity contribution in [2.45, 2.75) is 20.2 Å². The third-order valence-electron chi connectivity index (χ3n) is 2.02. The zero-order valence-electron chi connectivity index (χ0n) is 10.6. The van der Waals surface area contributed by atoms with E-state index in [9.17, 15) is 23.1 Å². The Morgan fingerprint density at radius 3 is 2.35 bits per heavy atom. The first kappa shape index (κ1) is 15.7. The number of carbonyl (C=O) groups is 1. The van der Waals surface area contributed by atoms with Crippen LogP contribution < -0.4 is 4.74 Å². The lowest BCUT2D eigenvalue weighted by Gasteiger charge is -2.10. The van der Waals surface area contributed by atoms with Crippen LogP contribution in [0.4, 0.5) is 18.9 Å². The first-order valence-corrected chi connectivity index (χ1v) is 5.38. The van der Waals surface area contributed by atoms with Crippen LogP contribution in [-0.4, -0.2) is 17.3 Å².